The van der Waals surface area contributed by atoms with E-state index in [0.717, 1.165) is 11.1 Å². The third-order valence-electron chi connectivity index (χ3n) is 5.66. The van der Waals surface area contributed by atoms with E-state index in [1.807, 2.05) is 49.4 Å². The average molecular weight is 435 g/mol. The fourth-order valence-electron chi connectivity index (χ4n) is 3.90. The number of aliphatic hydroxyl groups excluding tert-OH is 1. The highest BCUT2D eigenvalue weighted by atomic mass is 16.5. The van der Waals surface area contributed by atoms with E-state index >= 15 is 0 Å². The van der Waals surface area contributed by atoms with Crippen molar-refractivity contribution in [2.45, 2.75) is 38.2 Å². The number of benzene rings is 2. The Kier molecular flexibility index (Phi) is 6.34. The van der Waals surface area contributed by atoms with E-state index in [9.17, 15) is 19.5 Å². The van der Waals surface area contributed by atoms with Crippen LogP contribution in [0.5, 0.6) is 0 Å². The molecular formula is C24H25N3O5. The van der Waals surface area contributed by atoms with Crippen LogP contribution in [0.1, 0.15) is 35.5 Å². The van der Waals surface area contributed by atoms with Crippen molar-refractivity contribution < 1.29 is 14.6 Å². The zero-order chi connectivity index (χ0) is 22.7. The van der Waals surface area contributed by atoms with Crippen LogP contribution in [0.15, 0.2) is 70.4 Å². The molecule has 0 saturated carbocycles. The van der Waals surface area contributed by atoms with Gasteiger partial charge in [-0.25, -0.2) is 4.79 Å². The summed E-state index contributed by atoms with van der Waals surface area (Å²) in [6, 6.07) is 16.9. The second-order valence-corrected chi connectivity index (χ2v) is 7.73. The fraction of sp³-hybridized carbons (Fsp3) is 0.292. The summed E-state index contributed by atoms with van der Waals surface area (Å²) in [7, 11) is 0. The molecule has 8 nitrogen and oxygen atoms in total. The van der Waals surface area contributed by atoms with Crippen molar-refractivity contribution in [3.63, 3.8) is 0 Å². The lowest BCUT2D eigenvalue weighted by molar-refractivity contribution is -0.0187. The average Bonchev–Trinajstić information content (AvgIpc) is 3.18. The minimum atomic E-state index is -0.867. The second-order valence-electron chi connectivity index (χ2n) is 7.73. The number of aromatic nitrogens is 2. The number of aryl methyl sites for hydroxylation is 1. The first kappa shape index (κ1) is 21.7. The second kappa shape index (κ2) is 9.33. The van der Waals surface area contributed by atoms with Gasteiger partial charge in [0.1, 0.15) is 12.3 Å². The number of H-pyrrole nitrogens is 1. The van der Waals surface area contributed by atoms with Gasteiger partial charge in [0, 0.05) is 30.3 Å². The molecule has 1 fully saturated rings. The number of aliphatic hydroxyl groups is 1. The molecule has 1 aliphatic rings. The Labute approximate surface area is 184 Å². The van der Waals surface area contributed by atoms with Crippen molar-refractivity contribution in [2.75, 3.05) is 6.54 Å². The first-order valence-electron chi connectivity index (χ1n) is 10.6. The standard InChI is InChI=1S/C24H25N3O5/c1-2-15-14-27(24(31)26-22(15)29)21-12-19(28)20(32-21)13-25-23(30)18-11-7-6-10-17(18)16-8-4-3-5-9-16/h3-11,14,19-21,28H,2,12-13H2,1H3,(H,25,30)(H,26,29,31)/t19?,20-,21-/m0/s1. The van der Waals surface area contributed by atoms with E-state index in [1.165, 1.54) is 10.8 Å². The van der Waals surface area contributed by atoms with Crippen molar-refractivity contribution in [1.82, 2.24) is 14.9 Å². The SMILES string of the molecule is CCc1cn([C@@H]2CC(O)[C@H](CNC(=O)c3ccccc3-c3ccccc3)O2)c(=O)[nH]c1=O. The molecule has 0 spiro atoms. The third-order valence-corrected chi connectivity index (χ3v) is 5.66. The quantitative estimate of drug-likeness (QED) is 0.547. The molecule has 3 aromatic rings. The zero-order valence-corrected chi connectivity index (χ0v) is 17.7. The van der Waals surface area contributed by atoms with Gasteiger partial charge >= 0.3 is 5.69 Å². The number of hydrogen-bond donors (Lipinski definition) is 3. The molecule has 4 rings (SSSR count). The van der Waals surface area contributed by atoms with Crippen LogP contribution in [0, 0.1) is 0 Å². The summed E-state index contributed by atoms with van der Waals surface area (Å²) in [6.07, 6.45) is -0.166. The molecule has 32 heavy (non-hydrogen) atoms. The number of aromatic amines is 1. The number of amides is 1. The Morgan fingerprint density at radius 3 is 2.62 bits per heavy atom. The molecule has 3 N–H and O–H groups in total. The maximum atomic E-state index is 12.9. The number of rotatable bonds is 6. The highest BCUT2D eigenvalue weighted by Gasteiger charge is 2.36. The minimum absolute atomic E-state index is 0.0817. The molecular weight excluding hydrogens is 410 g/mol. The maximum absolute atomic E-state index is 12.9. The third kappa shape index (κ3) is 4.42. The predicted molar refractivity (Wildman–Crippen MR) is 119 cm³/mol. The number of nitrogens with zero attached hydrogens (tertiary/aromatic N) is 1. The molecule has 2 heterocycles. The van der Waals surface area contributed by atoms with Crippen molar-refractivity contribution in [2.24, 2.45) is 0 Å². The van der Waals surface area contributed by atoms with Gasteiger partial charge in [-0.3, -0.25) is 19.1 Å². The maximum Gasteiger partial charge on any atom is 0.330 e. The lowest BCUT2D eigenvalue weighted by Gasteiger charge is -2.17. The van der Waals surface area contributed by atoms with E-state index in [4.69, 9.17) is 4.74 Å². The van der Waals surface area contributed by atoms with Crippen LogP contribution < -0.4 is 16.6 Å². The highest BCUT2D eigenvalue weighted by molar-refractivity contribution is 6.00. The van der Waals surface area contributed by atoms with Crippen molar-refractivity contribution in [1.29, 1.82) is 0 Å². The van der Waals surface area contributed by atoms with Crippen molar-refractivity contribution in [3.8, 4) is 11.1 Å². The summed E-state index contributed by atoms with van der Waals surface area (Å²) >= 11 is 0. The normalized spacial score (nSPS) is 20.2. The van der Waals surface area contributed by atoms with Crippen LogP contribution in [0.2, 0.25) is 0 Å². The number of ether oxygens (including phenoxy) is 1. The van der Waals surface area contributed by atoms with E-state index < -0.39 is 29.7 Å². The largest absolute Gasteiger partial charge is 0.390 e. The molecule has 1 aromatic heterocycles. The van der Waals surface area contributed by atoms with Crippen LogP contribution in [0.4, 0.5) is 0 Å². The molecule has 1 aliphatic heterocycles. The van der Waals surface area contributed by atoms with Crippen LogP contribution >= 0.6 is 0 Å². The Hall–Kier alpha value is -3.49. The van der Waals surface area contributed by atoms with Gasteiger partial charge in [0.15, 0.2) is 0 Å². The van der Waals surface area contributed by atoms with Gasteiger partial charge in [-0.1, -0.05) is 55.5 Å². The number of nitrogens with one attached hydrogen (secondary N) is 2. The molecule has 0 bridgehead atoms. The number of carbonyl (C=O) groups is 1. The topological polar surface area (TPSA) is 113 Å². The summed E-state index contributed by atoms with van der Waals surface area (Å²) in [5.41, 5.74) is 1.70. The zero-order valence-electron chi connectivity index (χ0n) is 17.7. The van der Waals surface area contributed by atoms with Gasteiger partial charge < -0.3 is 15.2 Å². The molecule has 0 aliphatic carbocycles. The first-order chi connectivity index (χ1) is 15.5. The van der Waals surface area contributed by atoms with Crippen LogP contribution in [-0.2, 0) is 11.2 Å². The summed E-state index contributed by atoms with van der Waals surface area (Å²) in [5.74, 6) is -0.279. The summed E-state index contributed by atoms with van der Waals surface area (Å²) < 4.78 is 7.14. The molecule has 0 radical (unpaired) electrons. The van der Waals surface area contributed by atoms with Gasteiger partial charge in [0.05, 0.1) is 6.10 Å². The van der Waals surface area contributed by atoms with Gasteiger partial charge in [-0.15, -0.1) is 0 Å². The summed E-state index contributed by atoms with van der Waals surface area (Å²) in [6.45, 7) is 1.90. The lowest BCUT2D eigenvalue weighted by atomic mass is 9.99. The molecule has 8 heteroatoms. The predicted octanol–water partition coefficient (Wildman–Crippen LogP) is 1.84. The smallest absolute Gasteiger partial charge is 0.330 e. The molecule has 3 atom stereocenters. The van der Waals surface area contributed by atoms with Crippen LogP contribution in [-0.4, -0.2) is 39.3 Å². The highest BCUT2D eigenvalue weighted by Crippen LogP contribution is 2.28. The number of hydrogen-bond acceptors (Lipinski definition) is 5. The first-order valence-corrected chi connectivity index (χ1v) is 10.6. The van der Waals surface area contributed by atoms with E-state index in [1.54, 1.807) is 12.1 Å². The minimum Gasteiger partial charge on any atom is -0.390 e. The van der Waals surface area contributed by atoms with E-state index in [2.05, 4.69) is 10.3 Å². The molecule has 1 saturated heterocycles. The van der Waals surface area contributed by atoms with Gasteiger partial charge in [0.2, 0.25) is 0 Å². The summed E-state index contributed by atoms with van der Waals surface area (Å²) in [5, 5.41) is 13.3. The van der Waals surface area contributed by atoms with Gasteiger partial charge in [-0.2, -0.15) is 0 Å². The molecule has 166 valence electrons. The van der Waals surface area contributed by atoms with Crippen molar-refractivity contribution >= 4 is 5.91 Å². The van der Waals surface area contributed by atoms with Gasteiger partial charge in [-0.05, 0) is 23.6 Å². The van der Waals surface area contributed by atoms with Crippen LogP contribution in [0.3, 0.4) is 0 Å². The Balaban J connectivity index is 1.46. The summed E-state index contributed by atoms with van der Waals surface area (Å²) in [4.78, 5) is 39.2. The van der Waals surface area contributed by atoms with Gasteiger partial charge in [0.25, 0.3) is 11.5 Å². The Morgan fingerprint density at radius 1 is 1.16 bits per heavy atom. The lowest BCUT2D eigenvalue weighted by Crippen LogP contribution is -2.37. The molecule has 1 amide bonds. The monoisotopic (exact) mass is 435 g/mol. The van der Waals surface area contributed by atoms with Crippen LogP contribution in [0.25, 0.3) is 11.1 Å². The molecule has 2 aromatic carbocycles. The number of carbonyl (C=O) groups excluding carboxylic acids is 1. The Morgan fingerprint density at radius 2 is 1.88 bits per heavy atom. The van der Waals surface area contributed by atoms with Crippen molar-refractivity contribution in [3.05, 3.63) is 92.8 Å². The molecule has 1 unspecified atom stereocenters. The Bertz CT molecular complexity index is 1220. The van der Waals surface area contributed by atoms with E-state index in [-0.39, 0.29) is 18.9 Å². The fourth-order valence-corrected chi connectivity index (χ4v) is 3.90. The van der Waals surface area contributed by atoms with E-state index in [0.29, 0.717) is 17.5 Å².